The van der Waals surface area contributed by atoms with Crippen molar-refractivity contribution < 1.29 is 17.9 Å². The van der Waals surface area contributed by atoms with Crippen molar-refractivity contribution in [3.63, 3.8) is 0 Å². The Bertz CT molecular complexity index is 479. The van der Waals surface area contributed by atoms with E-state index in [-0.39, 0.29) is 15.0 Å². The first kappa shape index (κ1) is 11.9. The molecule has 15 heavy (non-hydrogen) atoms. The molecule has 0 spiro atoms. The molecular formula is C6H9N3O4S2. The van der Waals surface area contributed by atoms with Gasteiger partial charge in [-0.1, -0.05) is 11.3 Å². The molecule has 0 aromatic carbocycles. The van der Waals surface area contributed by atoms with Crippen molar-refractivity contribution in [3.05, 3.63) is 5.69 Å². The number of aryl methyl sites for hydroxylation is 1. The van der Waals surface area contributed by atoms with E-state index < -0.39 is 16.1 Å². The van der Waals surface area contributed by atoms with Crippen LogP contribution in [0.2, 0.25) is 0 Å². The molecule has 0 radical (unpaired) electrons. The minimum Gasteiger partial charge on any atom is -0.453 e. The fourth-order valence-electron chi connectivity index (χ4n) is 0.838. The highest BCUT2D eigenvalue weighted by Gasteiger charge is 2.18. The summed E-state index contributed by atoms with van der Waals surface area (Å²) >= 11 is 0.774. The average molecular weight is 251 g/mol. The second-order valence-electron chi connectivity index (χ2n) is 2.55. The van der Waals surface area contributed by atoms with Crippen LogP contribution in [-0.4, -0.2) is 26.6 Å². The Morgan fingerprint density at radius 3 is 2.60 bits per heavy atom. The largest absolute Gasteiger partial charge is 0.453 e. The molecule has 0 aliphatic rings. The molecule has 84 valence electrons. The summed E-state index contributed by atoms with van der Waals surface area (Å²) < 4.78 is 26.3. The van der Waals surface area contributed by atoms with Crippen LogP contribution in [0.4, 0.5) is 9.93 Å². The highest BCUT2D eigenvalue weighted by atomic mass is 32.2. The Balaban J connectivity index is 3.02. The van der Waals surface area contributed by atoms with Crippen LogP contribution in [0.5, 0.6) is 0 Å². The molecule has 0 saturated heterocycles. The molecule has 0 aliphatic carbocycles. The van der Waals surface area contributed by atoms with Gasteiger partial charge < -0.3 is 4.74 Å². The van der Waals surface area contributed by atoms with E-state index in [0.29, 0.717) is 0 Å². The van der Waals surface area contributed by atoms with Gasteiger partial charge in [-0.2, -0.15) is 0 Å². The lowest BCUT2D eigenvalue weighted by molar-refractivity contribution is 0.187. The number of sulfonamides is 1. The minimum absolute atomic E-state index is 0.0751. The number of carbonyl (C=O) groups is 1. The number of methoxy groups -OCH3 is 1. The van der Waals surface area contributed by atoms with E-state index in [0.717, 1.165) is 11.3 Å². The molecule has 7 nitrogen and oxygen atoms in total. The SMILES string of the molecule is COC(=O)Nc1nc(C)c(S(N)(=O)=O)s1. The molecule has 1 aromatic rings. The molecule has 3 N–H and O–H groups in total. The molecule has 1 heterocycles. The lowest BCUT2D eigenvalue weighted by Crippen LogP contribution is -2.11. The fourth-order valence-corrected chi connectivity index (χ4v) is 2.68. The topological polar surface area (TPSA) is 111 Å². The van der Waals surface area contributed by atoms with Gasteiger partial charge in [0.15, 0.2) is 9.34 Å². The third kappa shape index (κ3) is 2.88. The summed E-state index contributed by atoms with van der Waals surface area (Å²) in [6.07, 6.45) is -0.718. The van der Waals surface area contributed by atoms with Gasteiger partial charge in [-0.3, -0.25) is 5.32 Å². The Labute approximate surface area is 90.3 Å². The predicted molar refractivity (Wildman–Crippen MR) is 54.3 cm³/mol. The lowest BCUT2D eigenvalue weighted by Gasteiger charge is -1.96. The van der Waals surface area contributed by atoms with Crippen molar-refractivity contribution in [1.29, 1.82) is 0 Å². The van der Waals surface area contributed by atoms with Gasteiger partial charge in [0.05, 0.1) is 12.8 Å². The first-order valence-electron chi connectivity index (χ1n) is 3.70. The molecule has 0 atom stereocenters. The molecule has 0 aliphatic heterocycles. The normalized spacial score (nSPS) is 11.1. The van der Waals surface area contributed by atoms with Crippen molar-refractivity contribution >= 4 is 32.6 Å². The quantitative estimate of drug-likeness (QED) is 0.784. The first-order chi connectivity index (χ1) is 6.84. The van der Waals surface area contributed by atoms with E-state index in [1.807, 2.05) is 0 Å². The number of hydrogen-bond donors (Lipinski definition) is 2. The van der Waals surface area contributed by atoms with E-state index in [2.05, 4.69) is 15.0 Å². The number of nitrogens with zero attached hydrogens (tertiary/aromatic N) is 1. The van der Waals surface area contributed by atoms with Gasteiger partial charge in [0.1, 0.15) is 0 Å². The van der Waals surface area contributed by atoms with Crippen LogP contribution in [0.15, 0.2) is 4.21 Å². The average Bonchev–Trinajstić information content (AvgIpc) is 2.45. The zero-order valence-electron chi connectivity index (χ0n) is 7.97. The highest BCUT2D eigenvalue weighted by molar-refractivity contribution is 7.91. The van der Waals surface area contributed by atoms with Gasteiger partial charge in [-0.25, -0.2) is 23.3 Å². The van der Waals surface area contributed by atoms with Crippen molar-refractivity contribution in [2.24, 2.45) is 5.14 Å². The Kier molecular flexibility index (Phi) is 3.27. The van der Waals surface area contributed by atoms with Crippen LogP contribution in [0.25, 0.3) is 0 Å². The fraction of sp³-hybridized carbons (Fsp3) is 0.333. The van der Waals surface area contributed by atoms with Gasteiger partial charge in [-0.15, -0.1) is 0 Å². The maximum Gasteiger partial charge on any atom is 0.413 e. The lowest BCUT2D eigenvalue weighted by atomic mass is 10.6. The number of hydrogen-bond acceptors (Lipinski definition) is 6. The van der Waals surface area contributed by atoms with Crippen LogP contribution in [-0.2, 0) is 14.8 Å². The highest BCUT2D eigenvalue weighted by Crippen LogP contribution is 2.25. The molecule has 0 fully saturated rings. The number of primary sulfonamides is 1. The van der Waals surface area contributed by atoms with Gasteiger partial charge in [0, 0.05) is 0 Å². The number of nitrogens with two attached hydrogens (primary N) is 1. The molecule has 1 aromatic heterocycles. The molecular weight excluding hydrogens is 242 g/mol. The van der Waals surface area contributed by atoms with E-state index in [9.17, 15) is 13.2 Å². The second kappa shape index (κ2) is 4.13. The summed E-state index contributed by atoms with van der Waals surface area (Å²) in [6, 6.07) is 0. The van der Waals surface area contributed by atoms with Crippen LogP contribution in [0.1, 0.15) is 5.69 Å². The summed E-state index contributed by atoms with van der Waals surface area (Å²) in [5, 5.41) is 7.31. The standard InChI is InChI=1S/C6H9N3O4S2/c1-3-4(15(7,11)12)14-5(8-3)9-6(10)13-2/h1-2H3,(H2,7,11,12)(H,8,9,10). The molecule has 0 unspecified atom stereocenters. The Hall–Kier alpha value is -1.19. The van der Waals surface area contributed by atoms with Crippen molar-refractivity contribution in [1.82, 2.24) is 4.98 Å². The van der Waals surface area contributed by atoms with Crippen molar-refractivity contribution in [3.8, 4) is 0 Å². The summed E-state index contributed by atoms with van der Waals surface area (Å²) in [5.41, 5.74) is 0.244. The Morgan fingerprint density at radius 2 is 2.20 bits per heavy atom. The summed E-state index contributed by atoms with van der Waals surface area (Å²) in [7, 11) is -2.60. The summed E-state index contributed by atoms with van der Waals surface area (Å²) in [5.74, 6) is 0. The maximum atomic E-state index is 11.0. The first-order valence-corrected chi connectivity index (χ1v) is 6.06. The van der Waals surface area contributed by atoms with E-state index in [1.165, 1.54) is 14.0 Å². The zero-order valence-corrected chi connectivity index (χ0v) is 9.61. The number of amides is 1. The number of nitrogens with one attached hydrogen (secondary N) is 1. The molecule has 1 amide bonds. The molecule has 1 rings (SSSR count). The smallest absolute Gasteiger partial charge is 0.413 e. The minimum atomic E-state index is -3.79. The van der Waals surface area contributed by atoms with Gasteiger partial charge in [0.2, 0.25) is 10.0 Å². The number of anilines is 1. The van der Waals surface area contributed by atoms with Crippen molar-refractivity contribution in [2.45, 2.75) is 11.1 Å². The van der Waals surface area contributed by atoms with E-state index in [4.69, 9.17) is 5.14 Å². The second-order valence-corrected chi connectivity index (χ2v) is 5.31. The number of carbonyl (C=O) groups excluding carboxylic acids is 1. The third-order valence-corrected chi connectivity index (χ3v) is 4.03. The van der Waals surface area contributed by atoms with Crippen LogP contribution in [0, 0.1) is 6.92 Å². The summed E-state index contributed by atoms with van der Waals surface area (Å²) in [4.78, 5) is 14.6. The Morgan fingerprint density at radius 1 is 1.60 bits per heavy atom. The van der Waals surface area contributed by atoms with E-state index in [1.54, 1.807) is 0 Å². The van der Waals surface area contributed by atoms with Gasteiger partial charge in [0.25, 0.3) is 0 Å². The van der Waals surface area contributed by atoms with Gasteiger partial charge in [-0.05, 0) is 6.92 Å². The van der Waals surface area contributed by atoms with E-state index >= 15 is 0 Å². The summed E-state index contributed by atoms with van der Waals surface area (Å²) in [6.45, 7) is 1.48. The maximum absolute atomic E-state index is 11.0. The number of ether oxygens (including phenoxy) is 1. The molecule has 9 heteroatoms. The van der Waals surface area contributed by atoms with Crippen LogP contribution < -0.4 is 10.5 Å². The predicted octanol–water partition coefficient (Wildman–Crippen LogP) is 0.277. The van der Waals surface area contributed by atoms with Crippen LogP contribution >= 0.6 is 11.3 Å². The number of aromatic nitrogens is 1. The van der Waals surface area contributed by atoms with Gasteiger partial charge >= 0.3 is 6.09 Å². The molecule has 0 saturated carbocycles. The molecule has 0 bridgehead atoms. The number of rotatable bonds is 2. The van der Waals surface area contributed by atoms with Crippen molar-refractivity contribution in [2.75, 3.05) is 12.4 Å². The third-order valence-electron chi connectivity index (χ3n) is 1.41. The zero-order chi connectivity index (χ0) is 11.6. The van der Waals surface area contributed by atoms with Crippen LogP contribution in [0.3, 0.4) is 0 Å². The monoisotopic (exact) mass is 251 g/mol. The number of thiazole rings is 1.